The molecule has 4 nitrogen and oxygen atoms in total. The van der Waals surface area contributed by atoms with Crippen LogP contribution in [0.3, 0.4) is 0 Å². The highest BCUT2D eigenvalue weighted by atomic mass is 19.4. The molecule has 150 valence electrons. The minimum Gasteiger partial charge on any atom is -0.356 e. The lowest BCUT2D eigenvalue weighted by Crippen LogP contribution is -2.41. The second-order valence-electron chi connectivity index (χ2n) is 7.79. The molecule has 3 rings (SSSR count). The number of likely N-dealkylation sites (tertiary alicyclic amines) is 2. The second-order valence-corrected chi connectivity index (χ2v) is 7.79. The zero-order chi connectivity index (χ0) is 19.3. The molecule has 0 aliphatic carbocycles. The van der Waals surface area contributed by atoms with Crippen molar-refractivity contribution in [3.8, 4) is 0 Å². The Hall–Kier alpha value is -1.60. The Bertz CT molecular complexity index is 600. The first-order valence-corrected chi connectivity index (χ1v) is 9.72. The molecule has 0 aromatic heterocycles. The van der Waals surface area contributed by atoms with Gasteiger partial charge in [-0.25, -0.2) is 0 Å². The summed E-state index contributed by atoms with van der Waals surface area (Å²) in [5.74, 6) is 0.197. The number of carbonyl (C=O) groups is 1. The standard InChI is InChI=1S/C20H28F3N3O/c21-20(22,23)15-26-9-6-17(14-26)12-24-19(27)18-7-10-25(11-8-18)13-16-4-2-1-3-5-16/h1-5,17-18H,6-15H2,(H,24,27). The van der Waals surface area contributed by atoms with Crippen LogP contribution in [0.2, 0.25) is 0 Å². The van der Waals surface area contributed by atoms with E-state index in [1.807, 2.05) is 18.2 Å². The first kappa shape index (κ1) is 20.1. The normalized spacial score (nSPS) is 22.9. The van der Waals surface area contributed by atoms with E-state index in [0.29, 0.717) is 26.1 Å². The average molecular weight is 383 g/mol. The Morgan fingerprint density at radius 3 is 2.37 bits per heavy atom. The van der Waals surface area contributed by atoms with Gasteiger partial charge in [-0.1, -0.05) is 30.3 Å². The third kappa shape index (κ3) is 6.50. The van der Waals surface area contributed by atoms with Crippen molar-refractivity contribution < 1.29 is 18.0 Å². The highest BCUT2D eigenvalue weighted by Crippen LogP contribution is 2.23. The molecule has 2 heterocycles. The number of amides is 1. The summed E-state index contributed by atoms with van der Waals surface area (Å²) in [6, 6.07) is 10.3. The summed E-state index contributed by atoms with van der Waals surface area (Å²) < 4.78 is 37.3. The summed E-state index contributed by atoms with van der Waals surface area (Å²) in [5.41, 5.74) is 1.28. The average Bonchev–Trinajstić information content (AvgIpc) is 3.06. The molecule has 1 N–H and O–H groups in total. The first-order valence-electron chi connectivity index (χ1n) is 9.72. The third-order valence-electron chi connectivity index (χ3n) is 5.55. The van der Waals surface area contributed by atoms with Gasteiger partial charge in [-0.15, -0.1) is 0 Å². The fraction of sp³-hybridized carbons (Fsp3) is 0.650. The molecule has 27 heavy (non-hydrogen) atoms. The quantitative estimate of drug-likeness (QED) is 0.821. The number of piperidine rings is 1. The van der Waals surface area contributed by atoms with Crippen molar-refractivity contribution in [3.63, 3.8) is 0 Å². The van der Waals surface area contributed by atoms with Crippen molar-refractivity contribution in [2.45, 2.75) is 32.0 Å². The van der Waals surface area contributed by atoms with Crippen LogP contribution in [0.15, 0.2) is 30.3 Å². The van der Waals surface area contributed by atoms with Gasteiger partial charge in [-0.3, -0.25) is 14.6 Å². The van der Waals surface area contributed by atoms with Crippen molar-refractivity contribution >= 4 is 5.91 Å². The molecular weight excluding hydrogens is 355 g/mol. The fourth-order valence-electron chi connectivity index (χ4n) is 4.06. The lowest BCUT2D eigenvalue weighted by atomic mass is 9.95. The van der Waals surface area contributed by atoms with Crippen molar-refractivity contribution in [1.82, 2.24) is 15.1 Å². The van der Waals surface area contributed by atoms with E-state index in [1.54, 1.807) is 0 Å². The Kier molecular flexibility index (Phi) is 6.76. The SMILES string of the molecule is O=C(NCC1CCN(CC(F)(F)F)C1)C1CCN(Cc2ccccc2)CC1. The lowest BCUT2D eigenvalue weighted by Gasteiger charge is -2.31. The van der Waals surface area contributed by atoms with Gasteiger partial charge in [0.1, 0.15) is 0 Å². The first-order chi connectivity index (χ1) is 12.9. The van der Waals surface area contributed by atoms with Crippen LogP contribution in [0, 0.1) is 11.8 Å². The molecule has 0 saturated carbocycles. The number of carbonyl (C=O) groups excluding carboxylic acids is 1. The number of nitrogens with one attached hydrogen (secondary N) is 1. The van der Waals surface area contributed by atoms with Crippen LogP contribution in [-0.4, -0.2) is 61.2 Å². The van der Waals surface area contributed by atoms with Gasteiger partial charge in [0.2, 0.25) is 5.91 Å². The molecule has 1 aromatic carbocycles. The van der Waals surface area contributed by atoms with Crippen molar-refractivity contribution in [1.29, 1.82) is 0 Å². The molecule has 0 spiro atoms. The van der Waals surface area contributed by atoms with Crippen LogP contribution < -0.4 is 5.32 Å². The van der Waals surface area contributed by atoms with Crippen LogP contribution in [0.25, 0.3) is 0 Å². The van der Waals surface area contributed by atoms with Crippen LogP contribution in [0.4, 0.5) is 13.2 Å². The number of hydrogen-bond acceptors (Lipinski definition) is 3. The van der Waals surface area contributed by atoms with Gasteiger partial charge in [-0.2, -0.15) is 13.2 Å². The molecule has 7 heteroatoms. The zero-order valence-electron chi connectivity index (χ0n) is 15.5. The van der Waals surface area contributed by atoms with Crippen LogP contribution >= 0.6 is 0 Å². The van der Waals surface area contributed by atoms with E-state index in [2.05, 4.69) is 22.3 Å². The molecule has 1 amide bonds. The number of rotatable bonds is 6. The number of hydrogen-bond donors (Lipinski definition) is 1. The van der Waals surface area contributed by atoms with Crippen molar-refractivity contribution in [3.05, 3.63) is 35.9 Å². The molecule has 2 aliphatic heterocycles. The number of nitrogens with zero attached hydrogens (tertiary/aromatic N) is 2. The van der Waals surface area contributed by atoms with E-state index in [0.717, 1.165) is 32.5 Å². The van der Waals surface area contributed by atoms with Crippen LogP contribution in [0.5, 0.6) is 0 Å². The predicted octanol–water partition coefficient (Wildman–Crippen LogP) is 2.90. The summed E-state index contributed by atoms with van der Waals surface area (Å²) in [7, 11) is 0. The fourth-order valence-corrected chi connectivity index (χ4v) is 4.06. The summed E-state index contributed by atoms with van der Waals surface area (Å²) in [4.78, 5) is 16.2. The molecule has 2 saturated heterocycles. The molecule has 0 bridgehead atoms. The van der Waals surface area contributed by atoms with Gasteiger partial charge in [-0.05, 0) is 50.4 Å². The molecule has 1 unspecified atom stereocenters. The molecule has 1 atom stereocenters. The molecule has 0 radical (unpaired) electrons. The lowest BCUT2D eigenvalue weighted by molar-refractivity contribution is -0.143. The Balaban J connectivity index is 1.34. The molecular formula is C20H28F3N3O. The highest BCUT2D eigenvalue weighted by Gasteiger charge is 2.34. The minimum absolute atomic E-state index is 0.0182. The van der Waals surface area contributed by atoms with Gasteiger partial charge in [0, 0.05) is 25.6 Å². The van der Waals surface area contributed by atoms with Crippen LogP contribution in [-0.2, 0) is 11.3 Å². The Labute approximate surface area is 158 Å². The highest BCUT2D eigenvalue weighted by molar-refractivity contribution is 5.78. The number of halogens is 3. The zero-order valence-corrected chi connectivity index (χ0v) is 15.5. The third-order valence-corrected chi connectivity index (χ3v) is 5.55. The van der Waals surface area contributed by atoms with Crippen LogP contribution in [0.1, 0.15) is 24.8 Å². The Morgan fingerprint density at radius 1 is 1.04 bits per heavy atom. The van der Waals surface area contributed by atoms with Gasteiger partial charge in [0.25, 0.3) is 0 Å². The van der Waals surface area contributed by atoms with Gasteiger partial charge < -0.3 is 5.32 Å². The Morgan fingerprint density at radius 2 is 1.70 bits per heavy atom. The number of benzene rings is 1. The summed E-state index contributed by atoms with van der Waals surface area (Å²) >= 11 is 0. The van der Waals surface area contributed by atoms with E-state index in [1.165, 1.54) is 10.5 Å². The van der Waals surface area contributed by atoms with E-state index in [4.69, 9.17) is 0 Å². The van der Waals surface area contributed by atoms with E-state index in [9.17, 15) is 18.0 Å². The smallest absolute Gasteiger partial charge is 0.356 e. The summed E-state index contributed by atoms with van der Waals surface area (Å²) in [5, 5.41) is 2.98. The van der Waals surface area contributed by atoms with Crippen molar-refractivity contribution in [2.75, 3.05) is 39.3 Å². The monoisotopic (exact) mass is 383 g/mol. The number of alkyl halides is 3. The van der Waals surface area contributed by atoms with Gasteiger partial charge >= 0.3 is 6.18 Å². The van der Waals surface area contributed by atoms with Crippen molar-refractivity contribution in [2.24, 2.45) is 11.8 Å². The second kappa shape index (κ2) is 9.06. The van der Waals surface area contributed by atoms with Gasteiger partial charge in [0.05, 0.1) is 6.54 Å². The maximum Gasteiger partial charge on any atom is 0.401 e. The molecule has 2 aliphatic rings. The maximum absolute atomic E-state index is 12.4. The summed E-state index contributed by atoms with van der Waals surface area (Å²) in [6.07, 6.45) is -1.76. The predicted molar refractivity (Wildman–Crippen MR) is 98.1 cm³/mol. The maximum atomic E-state index is 12.4. The summed E-state index contributed by atoms with van der Waals surface area (Å²) in [6.45, 7) is 3.21. The van der Waals surface area contributed by atoms with Gasteiger partial charge in [0.15, 0.2) is 0 Å². The van der Waals surface area contributed by atoms with E-state index in [-0.39, 0.29) is 17.7 Å². The topological polar surface area (TPSA) is 35.6 Å². The van der Waals surface area contributed by atoms with E-state index < -0.39 is 12.7 Å². The van der Waals surface area contributed by atoms with E-state index >= 15 is 0 Å². The molecule has 1 aromatic rings. The molecule has 2 fully saturated rings. The minimum atomic E-state index is -4.15. The largest absolute Gasteiger partial charge is 0.401 e.